The highest BCUT2D eigenvalue weighted by Gasteiger charge is 2.12. The van der Waals surface area contributed by atoms with Gasteiger partial charge in [0, 0.05) is 17.7 Å². The van der Waals surface area contributed by atoms with Crippen LogP contribution < -0.4 is 10.9 Å². The molecule has 0 bridgehead atoms. The second kappa shape index (κ2) is 7.41. The number of carbonyl (C=O) groups is 1. The van der Waals surface area contributed by atoms with Crippen molar-refractivity contribution >= 4 is 23.4 Å². The van der Waals surface area contributed by atoms with Gasteiger partial charge in [-0.2, -0.15) is 0 Å². The van der Waals surface area contributed by atoms with Gasteiger partial charge >= 0.3 is 0 Å². The minimum absolute atomic E-state index is 0.0809. The number of carbonyl (C=O) groups excluding carboxylic acids is 1. The average molecular weight is 335 g/mol. The van der Waals surface area contributed by atoms with Gasteiger partial charge in [0.05, 0.1) is 5.69 Å². The molecule has 1 aromatic carbocycles. The van der Waals surface area contributed by atoms with Crippen molar-refractivity contribution < 1.29 is 9.18 Å². The maximum atomic E-state index is 13.6. The van der Waals surface area contributed by atoms with Crippen LogP contribution in [0.1, 0.15) is 23.2 Å². The van der Waals surface area contributed by atoms with E-state index in [2.05, 4.69) is 15.3 Å². The lowest BCUT2D eigenvalue weighted by atomic mass is 10.1. The fourth-order valence-corrected chi connectivity index (χ4v) is 2.58. The van der Waals surface area contributed by atoms with E-state index in [0.29, 0.717) is 16.4 Å². The molecule has 0 fully saturated rings. The van der Waals surface area contributed by atoms with E-state index in [1.54, 1.807) is 19.1 Å². The van der Waals surface area contributed by atoms with Crippen LogP contribution >= 0.6 is 11.8 Å². The molecule has 0 unspecified atom stereocenters. The first-order valence-corrected chi connectivity index (χ1v) is 8.33. The molecule has 0 saturated heterocycles. The summed E-state index contributed by atoms with van der Waals surface area (Å²) in [4.78, 5) is 30.9. The fraction of sp³-hybridized carbons (Fsp3) is 0.312. The second-order valence-corrected chi connectivity index (χ2v) is 5.97. The number of hydrogen-bond donors (Lipinski definition) is 2. The van der Waals surface area contributed by atoms with Gasteiger partial charge in [0.2, 0.25) is 5.91 Å². The molecule has 0 saturated carbocycles. The predicted octanol–water partition coefficient (Wildman–Crippen LogP) is 2.82. The summed E-state index contributed by atoms with van der Waals surface area (Å²) in [5, 5.41) is 3.08. The van der Waals surface area contributed by atoms with Gasteiger partial charge in [-0.3, -0.25) is 9.59 Å². The summed E-state index contributed by atoms with van der Waals surface area (Å²) in [5.41, 5.74) is 1.84. The number of benzene rings is 1. The summed E-state index contributed by atoms with van der Waals surface area (Å²) in [6, 6.07) is 4.51. The molecule has 122 valence electrons. The summed E-state index contributed by atoms with van der Waals surface area (Å²) < 4.78 is 13.6. The summed E-state index contributed by atoms with van der Waals surface area (Å²) >= 11 is 1.35. The first-order valence-electron chi connectivity index (χ1n) is 7.10. The largest absolute Gasteiger partial charge is 0.324 e. The number of H-pyrrole nitrogens is 1. The quantitative estimate of drug-likeness (QED) is 0.651. The van der Waals surface area contributed by atoms with E-state index in [1.807, 2.05) is 13.2 Å². The van der Waals surface area contributed by atoms with Crippen molar-refractivity contribution in [2.24, 2.45) is 0 Å². The number of aromatic amines is 1. The van der Waals surface area contributed by atoms with Crippen molar-refractivity contribution in [1.29, 1.82) is 0 Å². The van der Waals surface area contributed by atoms with E-state index in [1.165, 1.54) is 17.8 Å². The van der Waals surface area contributed by atoms with Gasteiger partial charge in [-0.25, -0.2) is 9.37 Å². The van der Waals surface area contributed by atoms with Crippen molar-refractivity contribution in [3.05, 3.63) is 51.2 Å². The van der Waals surface area contributed by atoms with E-state index in [9.17, 15) is 14.0 Å². The lowest BCUT2D eigenvalue weighted by Gasteiger charge is -2.08. The molecule has 2 rings (SSSR count). The molecule has 0 aliphatic heterocycles. The van der Waals surface area contributed by atoms with Gasteiger partial charge in [0.1, 0.15) is 5.82 Å². The molecular formula is C16H18FN3O2S. The monoisotopic (exact) mass is 335 g/mol. The van der Waals surface area contributed by atoms with Gasteiger partial charge in [0.25, 0.3) is 5.56 Å². The third kappa shape index (κ3) is 4.41. The topological polar surface area (TPSA) is 74.8 Å². The molecule has 0 spiro atoms. The van der Waals surface area contributed by atoms with Crippen LogP contribution in [0.4, 0.5) is 10.1 Å². The highest BCUT2D eigenvalue weighted by atomic mass is 32.2. The lowest BCUT2D eigenvalue weighted by Crippen LogP contribution is -2.20. The number of aromatic nitrogens is 2. The Morgan fingerprint density at radius 3 is 2.78 bits per heavy atom. The zero-order valence-corrected chi connectivity index (χ0v) is 14.0. The number of halogens is 1. The van der Waals surface area contributed by atoms with Crippen molar-refractivity contribution in [3.63, 3.8) is 0 Å². The molecule has 2 N–H and O–H groups in total. The maximum Gasteiger partial charge on any atom is 0.254 e. The molecule has 23 heavy (non-hydrogen) atoms. The zero-order valence-electron chi connectivity index (χ0n) is 13.2. The first-order chi connectivity index (χ1) is 10.9. The number of rotatable bonds is 5. The van der Waals surface area contributed by atoms with Crippen LogP contribution in [0.3, 0.4) is 0 Å². The number of thioether (sulfide) groups is 1. The minimum Gasteiger partial charge on any atom is -0.324 e. The molecule has 1 amide bonds. The van der Waals surface area contributed by atoms with Gasteiger partial charge < -0.3 is 10.3 Å². The zero-order chi connectivity index (χ0) is 17.0. The molecule has 0 atom stereocenters. The SMILES string of the molecule is CSc1nc(C)c(CCC(=O)Nc2cc(C)ccc2F)c(=O)[nH]1. The van der Waals surface area contributed by atoms with E-state index >= 15 is 0 Å². The Morgan fingerprint density at radius 2 is 2.13 bits per heavy atom. The van der Waals surface area contributed by atoms with Crippen LogP contribution in [-0.2, 0) is 11.2 Å². The summed E-state index contributed by atoms with van der Waals surface area (Å²) in [6.07, 6.45) is 2.15. The highest BCUT2D eigenvalue weighted by Crippen LogP contribution is 2.16. The summed E-state index contributed by atoms with van der Waals surface area (Å²) in [5.74, 6) is -0.828. The second-order valence-electron chi connectivity index (χ2n) is 5.17. The van der Waals surface area contributed by atoms with Crippen LogP contribution in [0.2, 0.25) is 0 Å². The van der Waals surface area contributed by atoms with Crippen molar-refractivity contribution in [1.82, 2.24) is 9.97 Å². The third-order valence-electron chi connectivity index (χ3n) is 3.39. The Labute approximate surface area is 137 Å². The van der Waals surface area contributed by atoms with Crippen molar-refractivity contribution in [3.8, 4) is 0 Å². The Kier molecular flexibility index (Phi) is 5.54. The Bertz CT molecular complexity index is 789. The van der Waals surface area contributed by atoms with Crippen LogP contribution in [0, 0.1) is 19.7 Å². The summed E-state index contributed by atoms with van der Waals surface area (Å²) in [7, 11) is 0. The average Bonchev–Trinajstić information content (AvgIpc) is 2.49. The van der Waals surface area contributed by atoms with Gasteiger partial charge in [-0.15, -0.1) is 0 Å². The highest BCUT2D eigenvalue weighted by molar-refractivity contribution is 7.98. The van der Waals surface area contributed by atoms with E-state index in [-0.39, 0.29) is 30.0 Å². The minimum atomic E-state index is -0.482. The van der Waals surface area contributed by atoms with Crippen molar-refractivity contribution in [2.45, 2.75) is 31.8 Å². The van der Waals surface area contributed by atoms with Gasteiger partial charge in [0.15, 0.2) is 5.16 Å². The van der Waals surface area contributed by atoms with Crippen LogP contribution in [0.5, 0.6) is 0 Å². The number of aryl methyl sites for hydroxylation is 2. The first kappa shape index (κ1) is 17.2. The lowest BCUT2D eigenvalue weighted by molar-refractivity contribution is -0.116. The van der Waals surface area contributed by atoms with Crippen LogP contribution in [-0.4, -0.2) is 22.1 Å². The molecule has 7 heteroatoms. The van der Waals surface area contributed by atoms with Crippen LogP contribution in [0.25, 0.3) is 0 Å². The van der Waals surface area contributed by atoms with Gasteiger partial charge in [-0.1, -0.05) is 17.8 Å². The number of hydrogen-bond acceptors (Lipinski definition) is 4. The Morgan fingerprint density at radius 1 is 1.39 bits per heavy atom. The van der Waals surface area contributed by atoms with Crippen LogP contribution in [0.15, 0.2) is 28.2 Å². The number of nitrogens with zero attached hydrogens (tertiary/aromatic N) is 1. The predicted molar refractivity (Wildman–Crippen MR) is 89.5 cm³/mol. The van der Waals surface area contributed by atoms with Gasteiger partial charge in [-0.05, 0) is 44.2 Å². The number of nitrogens with one attached hydrogen (secondary N) is 2. The molecule has 0 aliphatic carbocycles. The van der Waals surface area contributed by atoms with Crippen molar-refractivity contribution in [2.75, 3.05) is 11.6 Å². The Hall–Kier alpha value is -2.15. The third-order valence-corrected chi connectivity index (χ3v) is 3.97. The van der Waals surface area contributed by atoms with E-state index in [4.69, 9.17) is 0 Å². The molecule has 0 radical (unpaired) electrons. The summed E-state index contributed by atoms with van der Waals surface area (Å²) in [6.45, 7) is 3.55. The smallest absolute Gasteiger partial charge is 0.254 e. The number of amides is 1. The number of anilines is 1. The maximum absolute atomic E-state index is 13.6. The van der Waals surface area contributed by atoms with E-state index in [0.717, 1.165) is 5.56 Å². The molecular weight excluding hydrogens is 317 g/mol. The van der Waals surface area contributed by atoms with E-state index < -0.39 is 5.82 Å². The molecule has 5 nitrogen and oxygen atoms in total. The molecule has 0 aliphatic rings. The molecule has 1 heterocycles. The standard InChI is InChI=1S/C16H18FN3O2S/c1-9-4-6-12(17)13(8-9)19-14(21)7-5-11-10(2)18-16(23-3)20-15(11)22/h4,6,8H,5,7H2,1-3H3,(H,19,21)(H,18,20,22). The normalized spacial score (nSPS) is 10.6. The fourth-order valence-electron chi connectivity index (χ4n) is 2.16. The Balaban J connectivity index is 2.05. The molecule has 2 aromatic rings. The molecule has 1 aromatic heterocycles.